The molecule has 7 nitrogen and oxygen atoms in total. The molecule has 1 heterocycles. The van der Waals surface area contributed by atoms with E-state index in [4.69, 9.17) is 19.2 Å². The van der Waals surface area contributed by atoms with Crippen molar-refractivity contribution in [3.63, 3.8) is 0 Å². The van der Waals surface area contributed by atoms with Gasteiger partial charge in [-0.15, -0.1) is 0 Å². The van der Waals surface area contributed by atoms with Gasteiger partial charge < -0.3 is 24.1 Å². The normalized spacial score (nSPS) is 10.9. The van der Waals surface area contributed by atoms with Gasteiger partial charge in [0.05, 0.1) is 31.9 Å². The Morgan fingerprint density at radius 1 is 0.895 bits per heavy atom. The molecule has 0 saturated heterocycles. The van der Waals surface area contributed by atoms with Crippen LogP contribution in [0.4, 0.5) is 0 Å². The Hall–Kier alpha value is -4.00. The number of unbranched alkanes of at least 4 members (excludes halogenated alkanes) is 1. The molecule has 1 amide bonds. The van der Waals surface area contributed by atoms with Crippen LogP contribution in [0.3, 0.4) is 0 Å². The molecule has 0 aliphatic carbocycles. The molecule has 7 heteroatoms. The van der Waals surface area contributed by atoms with Gasteiger partial charge in [-0.25, -0.2) is 4.98 Å². The number of aryl methyl sites for hydroxylation is 4. The van der Waals surface area contributed by atoms with E-state index >= 15 is 0 Å². The van der Waals surface area contributed by atoms with E-state index in [9.17, 15) is 4.79 Å². The van der Waals surface area contributed by atoms with Crippen LogP contribution in [-0.4, -0.2) is 42.8 Å². The van der Waals surface area contributed by atoms with Crippen molar-refractivity contribution in [2.45, 2.75) is 46.1 Å². The summed E-state index contributed by atoms with van der Waals surface area (Å²) in [7, 11) is 3.13. The molecule has 0 unspecified atom stereocenters. The number of benzene rings is 3. The van der Waals surface area contributed by atoms with Gasteiger partial charge in [0.25, 0.3) is 5.91 Å². The molecule has 0 aliphatic heterocycles. The molecule has 38 heavy (non-hydrogen) atoms. The molecule has 0 saturated carbocycles. The number of rotatable bonds is 13. The zero-order valence-corrected chi connectivity index (χ0v) is 22.8. The predicted molar refractivity (Wildman–Crippen MR) is 151 cm³/mol. The molecule has 0 atom stereocenters. The summed E-state index contributed by atoms with van der Waals surface area (Å²) in [5.41, 5.74) is 5.06. The first-order valence-corrected chi connectivity index (χ1v) is 13.1. The Morgan fingerprint density at radius 3 is 2.53 bits per heavy atom. The first kappa shape index (κ1) is 27.0. The second kappa shape index (κ2) is 13.0. The number of nitrogens with zero attached hydrogens (tertiary/aromatic N) is 2. The van der Waals surface area contributed by atoms with Gasteiger partial charge in [0, 0.05) is 25.1 Å². The standard InChI is InChI=1S/C31H37N3O4/c1-22-13-14-23(2)28(20-22)38-19-8-7-18-34-26-11-6-5-10-25(26)33-30(34)12-9-17-32-31(35)24-15-16-27(36-3)29(21-24)37-4/h5-6,10-11,13-16,20-21H,7-9,12,17-19H2,1-4H3,(H,32,35). The van der Waals surface area contributed by atoms with E-state index in [0.29, 0.717) is 30.2 Å². The number of amides is 1. The number of nitrogens with one attached hydrogen (secondary N) is 1. The molecular formula is C31H37N3O4. The third-order valence-electron chi connectivity index (χ3n) is 6.62. The molecule has 0 spiro atoms. The fourth-order valence-electron chi connectivity index (χ4n) is 4.51. The van der Waals surface area contributed by atoms with Gasteiger partial charge >= 0.3 is 0 Å². The van der Waals surface area contributed by atoms with Crippen molar-refractivity contribution < 1.29 is 19.0 Å². The van der Waals surface area contributed by atoms with Crippen molar-refractivity contribution in [2.75, 3.05) is 27.4 Å². The minimum atomic E-state index is -0.136. The van der Waals surface area contributed by atoms with Crippen LogP contribution in [0.1, 0.15) is 46.6 Å². The average Bonchev–Trinajstić information content (AvgIpc) is 3.29. The molecule has 1 aromatic heterocycles. The average molecular weight is 516 g/mol. The van der Waals surface area contributed by atoms with Crippen LogP contribution in [-0.2, 0) is 13.0 Å². The topological polar surface area (TPSA) is 74.6 Å². The summed E-state index contributed by atoms with van der Waals surface area (Å²) in [4.78, 5) is 17.5. The number of fused-ring (bicyclic) bond motifs is 1. The van der Waals surface area contributed by atoms with Crippen molar-refractivity contribution in [1.29, 1.82) is 0 Å². The summed E-state index contributed by atoms with van der Waals surface area (Å²) in [6, 6.07) is 19.7. The number of para-hydroxylation sites is 2. The Bertz CT molecular complexity index is 1380. The first-order valence-electron chi connectivity index (χ1n) is 13.1. The smallest absolute Gasteiger partial charge is 0.251 e. The third kappa shape index (κ3) is 6.65. The maximum Gasteiger partial charge on any atom is 0.251 e. The van der Waals surface area contributed by atoms with E-state index < -0.39 is 0 Å². The molecule has 0 radical (unpaired) electrons. The molecule has 0 aliphatic rings. The fourth-order valence-corrected chi connectivity index (χ4v) is 4.51. The van der Waals surface area contributed by atoms with Crippen LogP contribution >= 0.6 is 0 Å². The van der Waals surface area contributed by atoms with Crippen molar-refractivity contribution in [1.82, 2.24) is 14.9 Å². The van der Waals surface area contributed by atoms with Crippen molar-refractivity contribution >= 4 is 16.9 Å². The summed E-state index contributed by atoms with van der Waals surface area (Å²) >= 11 is 0. The lowest BCUT2D eigenvalue weighted by molar-refractivity contribution is 0.0952. The number of aromatic nitrogens is 2. The van der Waals surface area contributed by atoms with Gasteiger partial charge in [-0.05, 0) is 80.6 Å². The van der Waals surface area contributed by atoms with Crippen LogP contribution in [0.5, 0.6) is 17.2 Å². The molecule has 3 aromatic carbocycles. The Kier molecular flexibility index (Phi) is 9.25. The zero-order chi connectivity index (χ0) is 26.9. The SMILES string of the molecule is COc1ccc(C(=O)NCCCc2nc3ccccc3n2CCCCOc2cc(C)ccc2C)cc1OC. The quantitative estimate of drug-likeness (QED) is 0.225. The second-order valence-corrected chi connectivity index (χ2v) is 9.42. The van der Waals surface area contributed by atoms with E-state index in [1.165, 1.54) is 5.56 Å². The van der Waals surface area contributed by atoms with Crippen LogP contribution < -0.4 is 19.5 Å². The molecule has 4 rings (SSSR count). The minimum Gasteiger partial charge on any atom is -0.493 e. The van der Waals surface area contributed by atoms with Gasteiger partial charge in [0.1, 0.15) is 11.6 Å². The molecule has 1 N–H and O–H groups in total. The lowest BCUT2D eigenvalue weighted by atomic mass is 10.1. The van der Waals surface area contributed by atoms with Crippen molar-refractivity contribution in [3.05, 3.63) is 83.2 Å². The monoisotopic (exact) mass is 515 g/mol. The second-order valence-electron chi connectivity index (χ2n) is 9.42. The zero-order valence-electron chi connectivity index (χ0n) is 22.8. The highest BCUT2D eigenvalue weighted by Crippen LogP contribution is 2.27. The lowest BCUT2D eigenvalue weighted by Gasteiger charge is -2.12. The van der Waals surface area contributed by atoms with E-state index in [2.05, 4.69) is 60.1 Å². The lowest BCUT2D eigenvalue weighted by Crippen LogP contribution is -2.25. The number of hydrogen-bond acceptors (Lipinski definition) is 5. The minimum absolute atomic E-state index is 0.136. The molecule has 4 aromatic rings. The van der Waals surface area contributed by atoms with Crippen LogP contribution in [0, 0.1) is 13.8 Å². The van der Waals surface area contributed by atoms with Gasteiger partial charge in [0.2, 0.25) is 0 Å². The van der Waals surface area contributed by atoms with Crippen LogP contribution in [0.25, 0.3) is 11.0 Å². The number of carbonyl (C=O) groups is 1. The highest BCUT2D eigenvalue weighted by molar-refractivity contribution is 5.94. The Labute approximate surface area is 224 Å². The molecule has 0 bridgehead atoms. The van der Waals surface area contributed by atoms with Gasteiger partial charge in [-0.1, -0.05) is 24.3 Å². The Balaban J connectivity index is 1.30. The highest BCUT2D eigenvalue weighted by Gasteiger charge is 2.13. The summed E-state index contributed by atoms with van der Waals surface area (Å²) in [5.74, 6) is 3.01. The van der Waals surface area contributed by atoms with Gasteiger partial charge in [0.15, 0.2) is 11.5 Å². The van der Waals surface area contributed by atoms with Crippen molar-refractivity contribution in [3.8, 4) is 17.2 Å². The third-order valence-corrected chi connectivity index (χ3v) is 6.62. The van der Waals surface area contributed by atoms with Crippen LogP contribution in [0.2, 0.25) is 0 Å². The largest absolute Gasteiger partial charge is 0.493 e. The van der Waals surface area contributed by atoms with E-state index in [0.717, 1.165) is 60.4 Å². The van der Waals surface area contributed by atoms with E-state index in [-0.39, 0.29) is 5.91 Å². The Morgan fingerprint density at radius 2 is 1.71 bits per heavy atom. The highest BCUT2D eigenvalue weighted by atomic mass is 16.5. The number of methoxy groups -OCH3 is 2. The van der Waals surface area contributed by atoms with E-state index in [1.807, 2.05) is 6.07 Å². The van der Waals surface area contributed by atoms with Gasteiger partial charge in [-0.2, -0.15) is 0 Å². The number of ether oxygens (including phenoxy) is 3. The van der Waals surface area contributed by atoms with E-state index in [1.54, 1.807) is 32.4 Å². The maximum atomic E-state index is 12.6. The summed E-state index contributed by atoms with van der Waals surface area (Å²) < 4.78 is 18.9. The molecule has 0 fully saturated rings. The fraction of sp³-hybridized carbons (Fsp3) is 0.355. The maximum absolute atomic E-state index is 12.6. The molecule has 200 valence electrons. The predicted octanol–water partition coefficient (Wildman–Crippen LogP) is 5.89. The summed E-state index contributed by atoms with van der Waals surface area (Å²) in [6.45, 7) is 6.28. The number of imidazole rings is 1. The number of carbonyl (C=O) groups excluding carboxylic acids is 1. The summed E-state index contributed by atoms with van der Waals surface area (Å²) in [5, 5.41) is 3.01. The van der Waals surface area contributed by atoms with Crippen LogP contribution in [0.15, 0.2) is 60.7 Å². The van der Waals surface area contributed by atoms with Crippen molar-refractivity contribution in [2.24, 2.45) is 0 Å². The number of hydrogen-bond donors (Lipinski definition) is 1. The first-order chi connectivity index (χ1) is 18.5. The summed E-state index contributed by atoms with van der Waals surface area (Å²) in [6.07, 6.45) is 3.52. The van der Waals surface area contributed by atoms with Gasteiger partial charge in [-0.3, -0.25) is 4.79 Å². The molecular weight excluding hydrogens is 478 g/mol.